The van der Waals surface area contributed by atoms with Crippen LogP contribution in [0, 0.1) is 5.82 Å². The van der Waals surface area contributed by atoms with Gasteiger partial charge in [0.05, 0.1) is 28.7 Å². The van der Waals surface area contributed by atoms with Gasteiger partial charge in [-0.05, 0) is 75.9 Å². The Morgan fingerprint density at radius 2 is 1.83 bits per heavy atom. The minimum absolute atomic E-state index is 0.0258. The van der Waals surface area contributed by atoms with E-state index in [0.29, 0.717) is 54.3 Å². The lowest BCUT2D eigenvalue weighted by Crippen LogP contribution is -2.57. The molecule has 4 saturated heterocycles. The van der Waals surface area contributed by atoms with Crippen LogP contribution < -0.4 is 14.4 Å². The van der Waals surface area contributed by atoms with Crippen molar-refractivity contribution in [1.82, 2.24) is 24.8 Å². The minimum atomic E-state index is -0.933. The number of amides is 1. The Labute approximate surface area is 306 Å². The largest absolute Gasteiger partial charge is 0.468 e. The Bertz CT molecular complexity index is 2020. The van der Waals surface area contributed by atoms with Gasteiger partial charge in [0, 0.05) is 38.7 Å². The summed E-state index contributed by atoms with van der Waals surface area (Å²) in [7, 11) is 1.54. The summed E-state index contributed by atoms with van der Waals surface area (Å²) in [4.78, 5) is 33.7. The van der Waals surface area contributed by atoms with Gasteiger partial charge in [-0.15, -0.1) is 0 Å². The summed E-state index contributed by atoms with van der Waals surface area (Å²) in [5.74, 6) is 0.146. The third-order valence-corrected chi connectivity index (χ3v) is 11.0. The number of benzene rings is 2. The van der Waals surface area contributed by atoms with E-state index in [2.05, 4.69) is 19.8 Å². The van der Waals surface area contributed by atoms with Crippen molar-refractivity contribution in [3.63, 3.8) is 0 Å². The zero-order valence-electron chi connectivity index (χ0n) is 29.8. The van der Waals surface area contributed by atoms with E-state index in [1.54, 1.807) is 7.11 Å². The van der Waals surface area contributed by atoms with Gasteiger partial charge in [0.15, 0.2) is 17.8 Å². The van der Waals surface area contributed by atoms with Crippen LogP contribution in [0.25, 0.3) is 32.9 Å². The highest BCUT2D eigenvalue weighted by Crippen LogP contribution is 2.44. The molecule has 0 saturated carbocycles. The molecular formula is C38H43ClF2N6O5. The number of anilines is 1. The molecule has 0 N–H and O–H groups in total. The second-order valence-electron chi connectivity index (χ2n) is 15.4. The maximum absolute atomic E-state index is 16.4. The quantitative estimate of drug-likeness (QED) is 0.137. The van der Waals surface area contributed by atoms with E-state index in [-0.39, 0.29) is 48.3 Å². The SMILES string of the molecule is COCOc1cc(-c2nc(Cl)c(F)c3nc(OC[C@@]45CCCN4C[C@H](F)C5)nc(N4C[C@H]5CC[C@@H](C4)N5C(=O)OC(C)(C)C)c23)c2ccccc2c1. The molecule has 8 rings (SSSR count). The molecular weight excluding hydrogens is 694 g/mol. The molecule has 11 nitrogen and oxygen atoms in total. The second-order valence-corrected chi connectivity index (χ2v) is 15.8. The molecule has 4 aliphatic heterocycles. The lowest BCUT2D eigenvalue weighted by atomic mass is 9.95. The number of alkyl halides is 1. The molecule has 4 aliphatic rings. The van der Waals surface area contributed by atoms with Crippen LogP contribution in [-0.2, 0) is 9.47 Å². The number of rotatable bonds is 8. The zero-order chi connectivity index (χ0) is 36.4. The van der Waals surface area contributed by atoms with Gasteiger partial charge in [-0.2, -0.15) is 9.97 Å². The molecule has 2 aromatic carbocycles. The summed E-state index contributed by atoms with van der Waals surface area (Å²) < 4.78 is 54.2. The lowest BCUT2D eigenvalue weighted by molar-refractivity contribution is 0.0122. The molecule has 4 aromatic rings. The molecule has 14 heteroatoms. The van der Waals surface area contributed by atoms with Crippen molar-refractivity contribution in [3.05, 3.63) is 47.4 Å². The predicted octanol–water partition coefficient (Wildman–Crippen LogP) is 7.16. The van der Waals surface area contributed by atoms with E-state index < -0.39 is 23.1 Å². The van der Waals surface area contributed by atoms with Crippen molar-refractivity contribution in [3.8, 4) is 23.0 Å². The fraction of sp³-hybridized carbons (Fsp3) is 0.526. The molecule has 2 aromatic heterocycles. The number of halogens is 3. The van der Waals surface area contributed by atoms with Gasteiger partial charge in [0.1, 0.15) is 35.5 Å². The van der Waals surface area contributed by atoms with Crippen molar-refractivity contribution < 1.29 is 32.5 Å². The number of fused-ring (bicyclic) bond motifs is 5. The maximum atomic E-state index is 16.4. The van der Waals surface area contributed by atoms with Crippen molar-refractivity contribution in [2.75, 3.05) is 51.6 Å². The normalized spacial score (nSPS) is 24.6. The zero-order valence-corrected chi connectivity index (χ0v) is 30.6. The number of pyridine rings is 1. The number of piperazine rings is 1. The molecule has 0 spiro atoms. The molecule has 0 aliphatic carbocycles. The van der Waals surface area contributed by atoms with Crippen LogP contribution in [-0.4, -0.2) is 107 Å². The number of methoxy groups -OCH3 is 1. The van der Waals surface area contributed by atoms with E-state index in [1.165, 1.54) is 0 Å². The van der Waals surface area contributed by atoms with Gasteiger partial charge in [0.2, 0.25) is 0 Å². The standard InChI is InChI=1S/C38H43ClF2N6O5/c1-37(2,3)52-36(48)47-24-10-11-25(47)19-45(18-24)34-29-31(28-15-26(51-21-49-4)14-22-8-5-6-9-27(22)28)42-33(39)30(41)32(29)43-35(44-34)50-20-38-12-7-13-46(38)17-23(40)16-38/h5-6,8-9,14-15,23-25H,7,10-13,16-21H2,1-4H3/t23-,24-,25+,38+/m1/s1. The fourth-order valence-corrected chi connectivity index (χ4v) is 8.79. The van der Waals surface area contributed by atoms with Gasteiger partial charge in [0.25, 0.3) is 0 Å². The summed E-state index contributed by atoms with van der Waals surface area (Å²) in [6.45, 7) is 7.78. The highest BCUT2D eigenvalue weighted by atomic mass is 35.5. The van der Waals surface area contributed by atoms with Gasteiger partial charge in [-0.1, -0.05) is 35.9 Å². The van der Waals surface area contributed by atoms with Crippen molar-refractivity contribution >= 4 is 45.2 Å². The average molecular weight is 737 g/mol. The van der Waals surface area contributed by atoms with Crippen LogP contribution in [0.4, 0.5) is 19.4 Å². The van der Waals surface area contributed by atoms with Crippen LogP contribution in [0.1, 0.15) is 52.9 Å². The minimum Gasteiger partial charge on any atom is -0.468 e. The molecule has 0 radical (unpaired) electrons. The first-order valence-corrected chi connectivity index (χ1v) is 18.3. The summed E-state index contributed by atoms with van der Waals surface area (Å²) >= 11 is 6.58. The molecule has 6 heterocycles. The highest BCUT2D eigenvalue weighted by Gasteiger charge is 2.50. The van der Waals surface area contributed by atoms with Crippen LogP contribution in [0.2, 0.25) is 5.15 Å². The number of ether oxygens (including phenoxy) is 4. The second kappa shape index (κ2) is 13.4. The van der Waals surface area contributed by atoms with E-state index in [0.717, 1.165) is 43.0 Å². The van der Waals surface area contributed by atoms with Gasteiger partial charge < -0.3 is 23.8 Å². The summed E-state index contributed by atoms with van der Waals surface area (Å²) in [6.07, 6.45) is 2.40. The van der Waals surface area contributed by atoms with E-state index >= 15 is 4.39 Å². The van der Waals surface area contributed by atoms with E-state index in [4.69, 9.17) is 35.5 Å². The molecule has 2 bridgehead atoms. The smallest absolute Gasteiger partial charge is 0.410 e. The third kappa shape index (κ3) is 6.34. The van der Waals surface area contributed by atoms with Crippen LogP contribution in [0.5, 0.6) is 11.8 Å². The van der Waals surface area contributed by atoms with Crippen molar-refractivity contribution in [1.29, 1.82) is 0 Å². The van der Waals surface area contributed by atoms with Crippen LogP contribution >= 0.6 is 11.6 Å². The van der Waals surface area contributed by atoms with Crippen molar-refractivity contribution in [2.45, 2.75) is 82.3 Å². The molecule has 4 atom stereocenters. The first-order chi connectivity index (χ1) is 24.9. The Morgan fingerprint density at radius 1 is 1.06 bits per heavy atom. The van der Waals surface area contributed by atoms with E-state index in [1.807, 2.05) is 62.1 Å². The first-order valence-electron chi connectivity index (χ1n) is 17.9. The Kier molecular flexibility index (Phi) is 9.02. The highest BCUT2D eigenvalue weighted by molar-refractivity contribution is 6.30. The van der Waals surface area contributed by atoms with E-state index in [9.17, 15) is 9.18 Å². The van der Waals surface area contributed by atoms with Crippen molar-refractivity contribution in [2.24, 2.45) is 0 Å². The number of carbonyl (C=O) groups excluding carboxylic acids is 1. The summed E-state index contributed by atoms with van der Waals surface area (Å²) in [6, 6.07) is 11.1. The molecule has 276 valence electrons. The monoisotopic (exact) mass is 736 g/mol. The molecule has 0 unspecified atom stereocenters. The van der Waals surface area contributed by atoms with Crippen LogP contribution in [0.3, 0.4) is 0 Å². The van der Waals surface area contributed by atoms with Gasteiger partial charge in [-0.3, -0.25) is 9.80 Å². The van der Waals surface area contributed by atoms with Gasteiger partial charge >= 0.3 is 12.1 Å². The first kappa shape index (κ1) is 35.0. The van der Waals surface area contributed by atoms with Gasteiger partial charge in [-0.25, -0.2) is 18.6 Å². The Hall–Kier alpha value is -4.07. The maximum Gasteiger partial charge on any atom is 0.410 e. The number of nitrogens with zero attached hydrogens (tertiary/aromatic N) is 6. The Morgan fingerprint density at radius 3 is 2.58 bits per heavy atom. The number of hydrogen-bond acceptors (Lipinski definition) is 10. The molecule has 52 heavy (non-hydrogen) atoms. The number of hydrogen-bond donors (Lipinski definition) is 0. The predicted molar refractivity (Wildman–Crippen MR) is 193 cm³/mol. The topological polar surface area (TPSA) is 102 Å². The fourth-order valence-electron chi connectivity index (χ4n) is 8.62. The average Bonchev–Trinajstić information content (AvgIpc) is 3.73. The molecule has 4 fully saturated rings. The summed E-state index contributed by atoms with van der Waals surface area (Å²) in [5.41, 5.74) is -0.122. The summed E-state index contributed by atoms with van der Waals surface area (Å²) in [5, 5.41) is 1.72. The van der Waals surface area contributed by atoms with Crippen LogP contribution in [0.15, 0.2) is 36.4 Å². The third-order valence-electron chi connectivity index (χ3n) is 10.8. The number of carbonyl (C=O) groups is 1. The Balaban J connectivity index is 1.27. The molecule has 1 amide bonds. The lowest BCUT2D eigenvalue weighted by Gasteiger charge is -2.42. The number of aromatic nitrogens is 3.